The molecule has 2 rings (SSSR count). The molecule has 6 nitrogen and oxygen atoms in total. The maximum atomic E-state index is 13.1. The van der Waals surface area contributed by atoms with Crippen LogP contribution >= 0.6 is 0 Å². The fourth-order valence-corrected chi connectivity index (χ4v) is 3.49. The third-order valence-electron chi connectivity index (χ3n) is 4.83. The zero-order valence-corrected chi connectivity index (χ0v) is 17.2. The van der Waals surface area contributed by atoms with Gasteiger partial charge in [0.25, 0.3) is 0 Å². The van der Waals surface area contributed by atoms with E-state index >= 15 is 0 Å². The van der Waals surface area contributed by atoms with Crippen molar-refractivity contribution in [2.24, 2.45) is 0 Å². The summed E-state index contributed by atoms with van der Waals surface area (Å²) in [6.07, 6.45) is 4.26. The van der Waals surface area contributed by atoms with Crippen molar-refractivity contribution in [3.8, 4) is 0 Å². The zero-order chi connectivity index (χ0) is 20.7. The third kappa shape index (κ3) is 6.09. The topological polar surface area (TPSA) is 78.9 Å². The van der Waals surface area contributed by atoms with E-state index in [4.69, 9.17) is 9.84 Å². The van der Waals surface area contributed by atoms with Crippen LogP contribution in [0.15, 0.2) is 42.5 Å². The quantitative estimate of drug-likeness (QED) is 0.734. The van der Waals surface area contributed by atoms with Gasteiger partial charge in [-0.2, -0.15) is 0 Å². The van der Waals surface area contributed by atoms with Gasteiger partial charge in [0, 0.05) is 25.1 Å². The summed E-state index contributed by atoms with van der Waals surface area (Å²) in [5.74, 6) is -0.00994. The first-order valence-electron chi connectivity index (χ1n) is 9.83. The summed E-state index contributed by atoms with van der Waals surface area (Å²) in [7, 11) is 0. The number of aliphatic hydroxyl groups excluding tert-OH is 1. The molecule has 0 radical (unpaired) electrons. The molecule has 154 valence electrons. The Balaban J connectivity index is 2.21. The molecular weight excluding hydrogens is 356 g/mol. The van der Waals surface area contributed by atoms with Crippen LogP contribution in [0, 0.1) is 0 Å². The fourth-order valence-electron chi connectivity index (χ4n) is 3.49. The van der Waals surface area contributed by atoms with Crippen LogP contribution < -0.4 is 5.32 Å². The number of rotatable bonds is 6. The number of hydrogen-bond acceptors (Lipinski definition) is 4. The second kappa shape index (κ2) is 9.73. The average molecular weight is 389 g/mol. The van der Waals surface area contributed by atoms with Gasteiger partial charge in [0.15, 0.2) is 0 Å². The monoisotopic (exact) mass is 388 g/mol. The molecule has 2 N–H and O–H groups in total. The van der Waals surface area contributed by atoms with Crippen LogP contribution in [0.2, 0.25) is 0 Å². The van der Waals surface area contributed by atoms with Crippen molar-refractivity contribution in [2.45, 2.75) is 64.1 Å². The molecule has 1 fully saturated rings. The third-order valence-corrected chi connectivity index (χ3v) is 4.83. The summed E-state index contributed by atoms with van der Waals surface area (Å²) < 4.78 is 5.34. The van der Waals surface area contributed by atoms with Crippen molar-refractivity contribution in [3.63, 3.8) is 0 Å². The summed E-state index contributed by atoms with van der Waals surface area (Å²) in [5, 5.41) is 11.7. The Labute approximate surface area is 167 Å². The van der Waals surface area contributed by atoms with Gasteiger partial charge in [-0.1, -0.05) is 42.5 Å². The number of aliphatic hydroxyl groups is 1. The van der Waals surface area contributed by atoms with Gasteiger partial charge in [-0.05, 0) is 46.1 Å². The van der Waals surface area contributed by atoms with Crippen LogP contribution in [-0.4, -0.2) is 52.8 Å². The lowest BCUT2D eigenvalue weighted by Crippen LogP contribution is -2.58. The van der Waals surface area contributed by atoms with Crippen LogP contribution in [0.1, 0.15) is 52.0 Å². The fraction of sp³-hybridized carbons (Fsp3) is 0.545. The second-order valence-electron chi connectivity index (χ2n) is 8.17. The van der Waals surface area contributed by atoms with Gasteiger partial charge in [-0.15, -0.1) is 0 Å². The molecule has 1 heterocycles. The summed E-state index contributed by atoms with van der Waals surface area (Å²) in [6, 6.07) is 9.41. The number of likely N-dealkylation sites (tertiary alicyclic amines) is 1. The highest BCUT2D eigenvalue weighted by molar-refractivity contribution is 5.87. The van der Waals surface area contributed by atoms with Crippen molar-refractivity contribution in [3.05, 3.63) is 48.0 Å². The minimum absolute atomic E-state index is 0.00892. The van der Waals surface area contributed by atoms with E-state index in [-0.39, 0.29) is 24.5 Å². The lowest BCUT2D eigenvalue weighted by Gasteiger charge is -2.43. The van der Waals surface area contributed by atoms with Crippen molar-refractivity contribution in [1.29, 1.82) is 0 Å². The van der Waals surface area contributed by atoms with E-state index in [0.717, 1.165) is 5.56 Å². The lowest BCUT2D eigenvalue weighted by molar-refractivity contribution is -0.138. The highest BCUT2D eigenvalue weighted by Gasteiger charge is 2.40. The number of carbonyl (C=O) groups excluding carboxylic acids is 2. The number of alkyl carbamates (subject to hydrolysis) is 1. The number of nitrogens with zero attached hydrogens (tertiary/aromatic N) is 1. The predicted octanol–water partition coefficient (Wildman–Crippen LogP) is 3.22. The molecule has 28 heavy (non-hydrogen) atoms. The van der Waals surface area contributed by atoms with Crippen LogP contribution in [0.3, 0.4) is 0 Å². The molecule has 0 spiro atoms. The van der Waals surface area contributed by atoms with Crippen molar-refractivity contribution in [2.75, 3.05) is 13.2 Å². The largest absolute Gasteiger partial charge is 0.444 e. The number of benzene rings is 1. The Morgan fingerprint density at radius 2 is 1.96 bits per heavy atom. The van der Waals surface area contributed by atoms with Crippen LogP contribution in [-0.2, 0) is 9.53 Å². The van der Waals surface area contributed by atoms with Crippen LogP contribution in [0.4, 0.5) is 4.79 Å². The molecule has 1 aliphatic rings. The molecule has 1 aromatic rings. The van der Waals surface area contributed by atoms with Gasteiger partial charge < -0.3 is 20.1 Å². The Bertz CT molecular complexity index is 682. The number of nitrogens with one attached hydrogen (secondary N) is 1. The minimum Gasteiger partial charge on any atom is -0.444 e. The van der Waals surface area contributed by atoms with E-state index in [9.17, 15) is 9.59 Å². The molecule has 3 unspecified atom stereocenters. The maximum Gasteiger partial charge on any atom is 0.408 e. The van der Waals surface area contributed by atoms with Crippen LogP contribution in [0.25, 0.3) is 0 Å². The molecule has 1 aliphatic heterocycles. The molecule has 0 aromatic heterocycles. The lowest BCUT2D eigenvalue weighted by atomic mass is 9.82. The van der Waals surface area contributed by atoms with Gasteiger partial charge >= 0.3 is 6.09 Å². The number of carbonyl (C=O) groups is 2. The van der Waals surface area contributed by atoms with E-state index in [1.807, 2.05) is 37.3 Å². The Morgan fingerprint density at radius 1 is 1.29 bits per heavy atom. The molecule has 1 aromatic carbocycles. The van der Waals surface area contributed by atoms with E-state index in [1.54, 1.807) is 25.7 Å². The summed E-state index contributed by atoms with van der Waals surface area (Å²) in [5.41, 5.74) is 0.517. The van der Waals surface area contributed by atoms with Crippen molar-refractivity contribution >= 4 is 12.0 Å². The second-order valence-corrected chi connectivity index (χ2v) is 8.17. The normalized spacial score (nSPS) is 23.1. The highest BCUT2D eigenvalue weighted by atomic mass is 16.6. The van der Waals surface area contributed by atoms with Crippen LogP contribution in [0.5, 0.6) is 0 Å². The number of ether oxygens (including phenoxy) is 1. The molecular formula is C22H32N2O4. The van der Waals surface area contributed by atoms with Gasteiger partial charge in [-0.25, -0.2) is 4.79 Å². The SMILES string of the molecule is CC1C(c2ccccc2)CC(NC(=O)OC(C)(C)C)C(=O)N1CC=CCCO. The number of amides is 2. The van der Waals surface area contributed by atoms with Gasteiger partial charge in [-0.3, -0.25) is 4.79 Å². The van der Waals surface area contributed by atoms with E-state index < -0.39 is 17.7 Å². The average Bonchev–Trinajstić information content (AvgIpc) is 2.62. The standard InChI is InChI=1S/C22H32N2O4/c1-16-18(17-11-7-5-8-12-17)15-19(23-21(27)28-22(2,3)4)20(26)24(16)13-9-6-10-14-25/h5-9,11-12,16,18-19,25H,10,13-15H2,1-4H3,(H,23,27). The summed E-state index contributed by atoms with van der Waals surface area (Å²) in [6.45, 7) is 7.94. The van der Waals surface area contributed by atoms with Gasteiger partial charge in [0.1, 0.15) is 11.6 Å². The summed E-state index contributed by atoms with van der Waals surface area (Å²) in [4.78, 5) is 27.1. The predicted molar refractivity (Wildman–Crippen MR) is 109 cm³/mol. The van der Waals surface area contributed by atoms with Crippen molar-refractivity contribution < 1.29 is 19.4 Å². The van der Waals surface area contributed by atoms with Crippen molar-refractivity contribution in [1.82, 2.24) is 10.2 Å². The highest BCUT2D eigenvalue weighted by Crippen LogP contribution is 2.33. The molecule has 3 atom stereocenters. The first-order chi connectivity index (χ1) is 13.2. The van der Waals surface area contributed by atoms with E-state index in [1.165, 1.54) is 0 Å². The molecule has 1 saturated heterocycles. The molecule has 6 heteroatoms. The van der Waals surface area contributed by atoms with Gasteiger partial charge in [0.2, 0.25) is 5.91 Å². The zero-order valence-electron chi connectivity index (χ0n) is 17.2. The minimum atomic E-state index is -0.637. The first kappa shape index (κ1) is 22.0. The Hall–Kier alpha value is -2.34. The maximum absolute atomic E-state index is 13.1. The first-order valence-corrected chi connectivity index (χ1v) is 9.83. The summed E-state index contributed by atoms with van der Waals surface area (Å²) >= 11 is 0. The number of hydrogen-bond donors (Lipinski definition) is 2. The van der Waals surface area contributed by atoms with Gasteiger partial charge in [0.05, 0.1) is 0 Å². The smallest absolute Gasteiger partial charge is 0.408 e. The molecule has 0 bridgehead atoms. The number of piperidine rings is 1. The Kier molecular flexibility index (Phi) is 7.63. The van der Waals surface area contributed by atoms with E-state index in [0.29, 0.717) is 19.4 Å². The Morgan fingerprint density at radius 3 is 2.57 bits per heavy atom. The van der Waals surface area contributed by atoms with E-state index in [2.05, 4.69) is 17.4 Å². The molecule has 0 saturated carbocycles. The molecule has 2 amide bonds. The molecule has 0 aliphatic carbocycles.